The molecule has 182 valence electrons. The van der Waals surface area contributed by atoms with Gasteiger partial charge >= 0.3 is 6.18 Å². The number of ether oxygens (including phenoxy) is 1. The molecule has 0 aliphatic carbocycles. The van der Waals surface area contributed by atoms with Crippen molar-refractivity contribution in [3.63, 3.8) is 0 Å². The van der Waals surface area contributed by atoms with Gasteiger partial charge in [0.2, 0.25) is 0 Å². The first-order chi connectivity index (χ1) is 16.1. The van der Waals surface area contributed by atoms with Crippen molar-refractivity contribution in [1.82, 2.24) is 9.88 Å². The Balaban J connectivity index is 1.52. The van der Waals surface area contributed by atoms with Gasteiger partial charge in [-0.3, -0.25) is 0 Å². The summed E-state index contributed by atoms with van der Waals surface area (Å²) >= 11 is 0. The van der Waals surface area contributed by atoms with E-state index in [1.54, 1.807) is 48.7 Å². The van der Waals surface area contributed by atoms with E-state index in [1.165, 1.54) is 6.07 Å². The minimum Gasteiger partial charge on any atom is -0.482 e. The summed E-state index contributed by atoms with van der Waals surface area (Å²) < 4.78 is 68.8. The minimum atomic E-state index is -4.44. The van der Waals surface area contributed by atoms with Crippen LogP contribution in [0.1, 0.15) is 5.56 Å². The van der Waals surface area contributed by atoms with Crippen molar-refractivity contribution in [2.75, 3.05) is 50.5 Å². The summed E-state index contributed by atoms with van der Waals surface area (Å²) in [5.41, 5.74) is 2.00. The summed E-state index contributed by atoms with van der Waals surface area (Å²) in [7, 11) is -1.55. The number of benzene rings is 2. The third-order valence-electron chi connectivity index (χ3n) is 5.73. The van der Waals surface area contributed by atoms with Crippen molar-refractivity contribution in [3.8, 4) is 5.75 Å². The zero-order valence-electron chi connectivity index (χ0n) is 18.7. The fourth-order valence-electron chi connectivity index (χ4n) is 3.84. The van der Waals surface area contributed by atoms with Crippen LogP contribution in [0.2, 0.25) is 0 Å². The van der Waals surface area contributed by atoms with Crippen LogP contribution in [0.5, 0.6) is 5.75 Å². The van der Waals surface area contributed by atoms with Crippen LogP contribution in [0.15, 0.2) is 59.6 Å². The van der Waals surface area contributed by atoms with Gasteiger partial charge < -0.3 is 19.5 Å². The molecule has 0 saturated carbocycles. The summed E-state index contributed by atoms with van der Waals surface area (Å²) in [6.07, 6.45) is 0.530. The molecule has 0 radical (unpaired) electrons. The largest absolute Gasteiger partial charge is 0.482 e. The van der Waals surface area contributed by atoms with Gasteiger partial charge in [-0.2, -0.15) is 13.2 Å². The molecule has 0 atom stereocenters. The topological polar surface area (TPSA) is 65.6 Å². The van der Waals surface area contributed by atoms with Gasteiger partial charge in [0, 0.05) is 37.9 Å². The lowest BCUT2D eigenvalue weighted by molar-refractivity contribution is -0.153. The molecule has 0 spiro atoms. The standard InChI is InChI=1S/C24H26F3N3O3S/c1-29-10-12-30(13-11-29)22-15-18(4-7-23(22)33-17-24(25,26)27)3-2-14-34(31,32)20-6-5-19-8-9-28-21(19)16-20/h2-9,15-16,28H,10-14,17H2,1H3. The second-order valence-corrected chi connectivity index (χ2v) is 10.4. The lowest BCUT2D eigenvalue weighted by Crippen LogP contribution is -2.44. The fourth-order valence-corrected chi connectivity index (χ4v) is 4.96. The van der Waals surface area contributed by atoms with Crippen LogP contribution < -0.4 is 9.64 Å². The van der Waals surface area contributed by atoms with Crippen LogP contribution in [0.25, 0.3) is 17.0 Å². The van der Waals surface area contributed by atoms with Crippen LogP contribution in [-0.4, -0.2) is 70.1 Å². The first-order valence-electron chi connectivity index (χ1n) is 10.8. The number of aromatic nitrogens is 1. The van der Waals surface area contributed by atoms with Crippen LogP contribution >= 0.6 is 0 Å². The summed E-state index contributed by atoms with van der Waals surface area (Å²) in [5.74, 6) is -0.0408. The Morgan fingerprint density at radius 1 is 1.06 bits per heavy atom. The molecule has 4 rings (SSSR count). The third-order valence-corrected chi connectivity index (χ3v) is 7.33. The maximum Gasteiger partial charge on any atom is 0.422 e. The number of sulfone groups is 1. The van der Waals surface area contributed by atoms with Gasteiger partial charge in [0.1, 0.15) is 5.75 Å². The molecule has 2 aromatic carbocycles. The first kappa shape index (κ1) is 24.2. The summed E-state index contributed by atoms with van der Waals surface area (Å²) in [6.45, 7) is 1.50. The second kappa shape index (κ2) is 9.71. The Morgan fingerprint density at radius 3 is 2.56 bits per heavy atom. The van der Waals surface area contributed by atoms with Crippen LogP contribution in [-0.2, 0) is 9.84 Å². The summed E-state index contributed by atoms with van der Waals surface area (Å²) in [4.78, 5) is 7.37. The van der Waals surface area contributed by atoms with E-state index in [0.29, 0.717) is 24.3 Å². The molecule has 2 heterocycles. The normalized spacial score (nSPS) is 15.9. The van der Waals surface area contributed by atoms with E-state index in [1.807, 2.05) is 18.0 Å². The number of alkyl halides is 3. The lowest BCUT2D eigenvalue weighted by Gasteiger charge is -2.35. The third kappa shape index (κ3) is 5.92. The van der Waals surface area contributed by atoms with Gasteiger partial charge in [0.25, 0.3) is 0 Å². The smallest absolute Gasteiger partial charge is 0.422 e. The van der Waals surface area contributed by atoms with Gasteiger partial charge in [-0.05, 0) is 48.3 Å². The fraction of sp³-hybridized carbons (Fsp3) is 0.333. The Labute approximate surface area is 196 Å². The Bertz CT molecular complexity index is 1280. The molecule has 1 aliphatic rings. The van der Waals surface area contributed by atoms with E-state index in [2.05, 4.69) is 9.88 Å². The second-order valence-electron chi connectivity index (χ2n) is 8.33. The zero-order chi connectivity index (χ0) is 24.3. The zero-order valence-corrected chi connectivity index (χ0v) is 19.5. The molecule has 10 heteroatoms. The molecule has 1 fully saturated rings. The average molecular weight is 494 g/mol. The predicted octanol–water partition coefficient (Wildman–Crippen LogP) is 4.35. The highest BCUT2D eigenvalue weighted by Gasteiger charge is 2.29. The number of likely N-dealkylation sites (N-methyl/N-ethyl adjacent to an activating group) is 1. The quantitative estimate of drug-likeness (QED) is 0.530. The number of halogens is 3. The summed E-state index contributed by atoms with van der Waals surface area (Å²) in [5, 5.41) is 0.929. The molecular formula is C24H26F3N3O3S. The highest BCUT2D eigenvalue weighted by Crippen LogP contribution is 2.32. The molecular weight excluding hydrogens is 467 g/mol. The van der Waals surface area contributed by atoms with Crippen molar-refractivity contribution in [2.24, 2.45) is 0 Å². The number of H-pyrrole nitrogens is 1. The number of hydrogen-bond donors (Lipinski definition) is 1. The average Bonchev–Trinajstić information content (AvgIpc) is 3.26. The highest BCUT2D eigenvalue weighted by molar-refractivity contribution is 7.91. The van der Waals surface area contributed by atoms with E-state index >= 15 is 0 Å². The molecule has 1 N–H and O–H groups in total. The van der Waals surface area contributed by atoms with Crippen LogP contribution in [0, 0.1) is 0 Å². The van der Waals surface area contributed by atoms with Crippen molar-refractivity contribution in [3.05, 3.63) is 60.3 Å². The summed E-state index contributed by atoms with van der Waals surface area (Å²) in [6, 6.07) is 11.7. The van der Waals surface area contributed by atoms with Gasteiger partial charge in [-0.1, -0.05) is 24.3 Å². The Kier molecular flexibility index (Phi) is 6.90. The number of hydrogen-bond acceptors (Lipinski definition) is 5. The van der Waals surface area contributed by atoms with Gasteiger partial charge in [0.05, 0.1) is 16.3 Å². The van der Waals surface area contributed by atoms with Crippen LogP contribution in [0.3, 0.4) is 0 Å². The number of rotatable bonds is 7. The molecule has 1 aliphatic heterocycles. The van der Waals surface area contributed by atoms with Gasteiger partial charge in [0.15, 0.2) is 16.4 Å². The minimum absolute atomic E-state index is 0.158. The molecule has 6 nitrogen and oxygen atoms in total. The number of anilines is 1. The number of nitrogens with zero attached hydrogens (tertiary/aromatic N) is 2. The number of nitrogens with one attached hydrogen (secondary N) is 1. The highest BCUT2D eigenvalue weighted by atomic mass is 32.2. The molecule has 1 saturated heterocycles. The molecule has 1 aromatic heterocycles. The molecule has 0 amide bonds. The molecule has 34 heavy (non-hydrogen) atoms. The van der Waals surface area contributed by atoms with E-state index in [-0.39, 0.29) is 16.4 Å². The molecule has 3 aromatic rings. The monoisotopic (exact) mass is 493 g/mol. The first-order valence-corrected chi connectivity index (χ1v) is 12.5. The van der Waals surface area contributed by atoms with Gasteiger partial charge in [-0.25, -0.2) is 8.42 Å². The van der Waals surface area contributed by atoms with Crippen molar-refractivity contribution in [1.29, 1.82) is 0 Å². The van der Waals surface area contributed by atoms with Crippen molar-refractivity contribution < 1.29 is 26.3 Å². The maximum absolute atomic E-state index is 12.8. The Hall–Kier alpha value is -2.98. The van der Waals surface area contributed by atoms with Crippen molar-refractivity contribution in [2.45, 2.75) is 11.1 Å². The number of piperazine rings is 1. The predicted molar refractivity (Wildman–Crippen MR) is 127 cm³/mol. The lowest BCUT2D eigenvalue weighted by atomic mass is 10.1. The number of fused-ring (bicyclic) bond motifs is 1. The van der Waals surface area contributed by atoms with Crippen LogP contribution in [0.4, 0.5) is 18.9 Å². The van der Waals surface area contributed by atoms with E-state index in [4.69, 9.17) is 4.74 Å². The maximum atomic E-state index is 12.8. The van der Waals surface area contributed by atoms with E-state index in [9.17, 15) is 21.6 Å². The molecule has 0 bridgehead atoms. The van der Waals surface area contributed by atoms with Gasteiger partial charge in [-0.15, -0.1) is 0 Å². The van der Waals surface area contributed by atoms with E-state index < -0.39 is 22.6 Å². The SMILES string of the molecule is CN1CCN(c2cc(C=CCS(=O)(=O)c3ccc4cc[nH]c4c3)ccc2OCC(F)(F)F)CC1. The Morgan fingerprint density at radius 2 is 1.82 bits per heavy atom. The van der Waals surface area contributed by atoms with Crippen molar-refractivity contribution >= 4 is 32.5 Å². The number of aromatic amines is 1. The molecule has 0 unspecified atom stereocenters. The van der Waals surface area contributed by atoms with E-state index in [0.717, 1.165) is 24.0 Å².